The van der Waals surface area contributed by atoms with Gasteiger partial charge in [0.15, 0.2) is 0 Å². The lowest BCUT2D eigenvalue weighted by Gasteiger charge is -2.23. The number of amides is 1. The van der Waals surface area contributed by atoms with E-state index < -0.39 is 0 Å². The van der Waals surface area contributed by atoms with Crippen LogP contribution in [0.25, 0.3) is 0 Å². The molecule has 4 nitrogen and oxygen atoms in total. The van der Waals surface area contributed by atoms with Crippen LogP contribution < -0.4 is 0 Å². The van der Waals surface area contributed by atoms with Crippen molar-refractivity contribution >= 4 is 17.7 Å². The molecule has 1 heterocycles. The number of benzene rings is 2. The zero-order chi connectivity index (χ0) is 16.8. The number of carbonyl (C=O) groups is 1. The van der Waals surface area contributed by atoms with E-state index >= 15 is 0 Å². The summed E-state index contributed by atoms with van der Waals surface area (Å²) in [5.41, 5.74) is 1.95. The molecule has 1 saturated heterocycles. The summed E-state index contributed by atoms with van der Waals surface area (Å²) in [6.45, 7) is 1.99. The molecular formula is C19H20ClNO3. The van der Waals surface area contributed by atoms with Crippen molar-refractivity contribution in [1.82, 2.24) is 4.90 Å². The number of halogens is 1. The van der Waals surface area contributed by atoms with Gasteiger partial charge in [-0.25, -0.2) is 4.79 Å². The molecule has 1 fully saturated rings. The van der Waals surface area contributed by atoms with Gasteiger partial charge in [0.2, 0.25) is 0 Å². The molecule has 0 aliphatic carbocycles. The summed E-state index contributed by atoms with van der Waals surface area (Å²) in [5, 5.41) is 0.635. The van der Waals surface area contributed by atoms with Crippen molar-refractivity contribution < 1.29 is 14.3 Å². The molecule has 126 valence electrons. The van der Waals surface area contributed by atoms with Gasteiger partial charge in [0.05, 0.1) is 6.54 Å². The molecule has 24 heavy (non-hydrogen) atoms. The Labute approximate surface area is 146 Å². The fraction of sp³-hybridized carbons (Fsp3) is 0.316. The van der Waals surface area contributed by atoms with E-state index in [0.717, 1.165) is 17.5 Å². The molecule has 0 saturated carbocycles. The maximum atomic E-state index is 12.4. The van der Waals surface area contributed by atoms with Crippen molar-refractivity contribution in [3.8, 4) is 0 Å². The monoisotopic (exact) mass is 345 g/mol. The minimum absolute atomic E-state index is 0.118. The predicted octanol–water partition coefficient (Wildman–Crippen LogP) is 4.44. The Kier molecular flexibility index (Phi) is 5.72. The van der Waals surface area contributed by atoms with Crippen LogP contribution in [0, 0.1) is 0 Å². The van der Waals surface area contributed by atoms with Gasteiger partial charge < -0.3 is 14.4 Å². The summed E-state index contributed by atoms with van der Waals surface area (Å²) in [7, 11) is 0. The maximum absolute atomic E-state index is 12.4. The first kappa shape index (κ1) is 16.8. The lowest BCUT2D eigenvalue weighted by Crippen LogP contribution is -2.34. The van der Waals surface area contributed by atoms with Crippen LogP contribution in [-0.4, -0.2) is 30.7 Å². The van der Waals surface area contributed by atoms with Gasteiger partial charge in [-0.3, -0.25) is 0 Å². The second kappa shape index (κ2) is 8.18. The van der Waals surface area contributed by atoms with Crippen LogP contribution in [0.4, 0.5) is 4.79 Å². The second-order valence-corrected chi connectivity index (χ2v) is 6.19. The molecule has 3 rings (SSSR count). The Bertz CT molecular complexity index is 677. The van der Waals surface area contributed by atoms with Crippen LogP contribution in [0.5, 0.6) is 0 Å². The molecule has 0 bridgehead atoms. The van der Waals surface area contributed by atoms with E-state index in [1.165, 1.54) is 0 Å². The van der Waals surface area contributed by atoms with Gasteiger partial charge in [-0.1, -0.05) is 54.1 Å². The number of hydrogen-bond acceptors (Lipinski definition) is 3. The Morgan fingerprint density at radius 2 is 2.04 bits per heavy atom. The summed E-state index contributed by atoms with van der Waals surface area (Å²) in [6.07, 6.45) is 0.365. The molecule has 0 aromatic heterocycles. The smallest absolute Gasteiger partial charge is 0.410 e. The van der Waals surface area contributed by atoms with Crippen molar-refractivity contribution in [2.75, 3.05) is 19.7 Å². The van der Waals surface area contributed by atoms with Crippen molar-refractivity contribution in [2.24, 2.45) is 0 Å². The third-order valence-corrected chi connectivity index (χ3v) is 4.19. The number of rotatable bonds is 3. The van der Waals surface area contributed by atoms with Crippen LogP contribution in [0.1, 0.15) is 23.7 Å². The highest BCUT2D eigenvalue weighted by Crippen LogP contribution is 2.22. The van der Waals surface area contributed by atoms with Crippen LogP contribution in [-0.2, 0) is 16.1 Å². The average molecular weight is 346 g/mol. The van der Waals surface area contributed by atoms with Gasteiger partial charge in [-0.05, 0) is 29.7 Å². The van der Waals surface area contributed by atoms with E-state index in [2.05, 4.69) is 0 Å². The van der Waals surface area contributed by atoms with E-state index in [9.17, 15) is 4.79 Å². The number of carbonyl (C=O) groups excluding carboxylic acids is 1. The maximum Gasteiger partial charge on any atom is 0.410 e. The fourth-order valence-electron chi connectivity index (χ4n) is 2.72. The third kappa shape index (κ3) is 4.49. The molecule has 1 amide bonds. The molecule has 1 aliphatic heterocycles. The zero-order valence-corrected chi connectivity index (χ0v) is 14.1. The Hall–Kier alpha value is -2.04. The van der Waals surface area contributed by atoms with Crippen LogP contribution in [0.3, 0.4) is 0 Å². The summed E-state index contributed by atoms with van der Waals surface area (Å²) in [6, 6.07) is 17.3. The van der Waals surface area contributed by atoms with Crippen LogP contribution in [0.15, 0.2) is 54.6 Å². The van der Waals surface area contributed by atoms with Gasteiger partial charge in [0, 0.05) is 18.2 Å². The lowest BCUT2D eigenvalue weighted by molar-refractivity contribution is 0.0467. The van der Waals surface area contributed by atoms with E-state index in [1.807, 2.05) is 42.5 Å². The van der Waals surface area contributed by atoms with Crippen LogP contribution in [0.2, 0.25) is 5.02 Å². The molecule has 5 heteroatoms. The van der Waals surface area contributed by atoms with E-state index in [1.54, 1.807) is 17.0 Å². The SMILES string of the molecule is O=C(OCc1cccc(Cl)c1)N1CCCOC(c2ccccc2)C1. The standard InChI is InChI=1S/C19H20ClNO3/c20-17-9-4-6-15(12-17)14-24-19(22)21-10-5-11-23-18(13-21)16-7-2-1-3-8-16/h1-4,6-9,12,18H,5,10-11,13-14H2. The largest absolute Gasteiger partial charge is 0.445 e. The van der Waals surface area contributed by atoms with E-state index in [0.29, 0.717) is 24.7 Å². The van der Waals surface area contributed by atoms with Crippen molar-refractivity contribution in [2.45, 2.75) is 19.1 Å². The topological polar surface area (TPSA) is 38.8 Å². The normalized spacial score (nSPS) is 18.0. The average Bonchev–Trinajstić information content (AvgIpc) is 2.87. The number of nitrogens with zero attached hydrogens (tertiary/aromatic N) is 1. The summed E-state index contributed by atoms with van der Waals surface area (Å²) >= 11 is 5.95. The minimum atomic E-state index is -0.318. The second-order valence-electron chi connectivity index (χ2n) is 5.75. The molecule has 2 aromatic carbocycles. The van der Waals surface area contributed by atoms with Crippen molar-refractivity contribution in [1.29, 1.82) is 0 Å². The first-order valence-corrected chi connectivity index (χ1v) is 8.43. The van der Waals surface area contributed by atoms with E-state index in [4.69, 9.17) is 21.1 Å². The molecule has 1 atom stereocenters. The summed E-state index contributed by atoms with van der Waals surface area (Å²) < 4.78 is 11.3. The highest BCUT2D eigenvalue weighted by Gasteiger charge is 2.24. The molecule has 1 aliphatic rings. The molecule has 2 aromatic rings. The summed E-state index contributed by atoms with van der Waals surface area (Å²) in [4.78, 5) is 14.1. The molecule has 0 spiro atoms. The first-order valence-electron chi connectivity index (χ1n) is 8.05. The lowest BCUT2D eigenvalue weighted by atomic mass is 10.1. The van der Waals surface area contributed by atoms with Gasteiger partial charge >= 0.3 is 6.09 Å². The van der Waals surface area contributed by atoms with Gasteiger partial charge in [0.25, 0.3) is 0 Å². The van der Waals surface area contributed by atoms with Crippen molar-refractivity contribution in [3.63, 3.8) is 0 Å². The van der Waals surface area contributed by atoms with Crippen LogP contribution >= 0.6 is 11.6 Å². The molecule has 1 unspecified atom stereocenters. The Morgan fingerprint density at radius 3 is 2.83 bits per heavy atom. The Morgan fingerprint density at radius 1 is 1.21 bits per heavy atom. The molecular weight excluding hydrogens is 326 g/mol. The quantitative estimate of drug-likeness (QED) is 0.825. The summed E-state index contributed by atoms with van der Waals surface area (Å²) in [5.74, 6) is 0. The van der Waals surface area contributed by atoms with Crippen molar-refractivity contribution in [3.05, 3.63) is 70.7 Å². The highest BCUT2D eigenvalue weighted by molar-refractivity contribution is 6.30. The molecule has 0 radical (unpaired) electrons. The Balaban J connectivity index is 1.61. The zero-order valence-electron chi connectivity index (χ0n) is 13.4. The third-order valence-electron chi connectivity index (χ3n) is 3.96. The first-order chi connectivity index (χ1) is 11.7. The number of ether oxygens (including phenoxy) is 2. The number of hydrogen-bond donors (Lipinski definition) is 0. The predicted molar refractivity (Wildman–Crippen MR) is 93.0 cm³/mol. The van der Waals surface area contributed by atoms with Gasteiger partial charge in [-0.2, -0.15) is 0 Å². The minimum Gasteiger partial charge on any atom is -0.445 e. The van der Waals surface area contributed by atoms with Gasteiger partial charge in [0.1, 0.15) is 12.7 Å². The van der Waals surface area contributed by atoms with Gasteiger partial charge in [-0.15, -0.1) is 0 Å². The van der Waals surface area contributed by atoms with E-state index in [-0.39, 0.29) is 18.8 Å². The highest BCUT2D eigenvalue weighted by atomic mass is 35.5. The molecule has 0 N–H and O–H groups in total. The fourth-order valence-corrected chi connectivity index (χ4v) is 2.94.